The van der Waals surface area contributed by atoms with E-state index in [1.165, 1.54) is 0 Å². The molecule has 3 aliphatic carbocycles. The molecule has 0 saturated heterocycles. The van der Waals surface area contributed by atoms with Gasteiger partial charge in [-0.05, 0) is 42.2 Å². The minimum Gasteiger partial charge on any atom is -0.197 e. The zero-order chi connectivity index (χ0) is 12.5. The highest BCUT2D eigenvalue weighted by atomic mass is 14.7. The van der Waals surface area contributed by atoms with Crippen LogP contribution in [0.4, 0.5) is 0 Å². The summed E-state index contributed by atoms with van der Waals surface area (Å²) in [5, 5.41) is 19.2. The second kappa shape index (κ2) is 2.54. The van der Waals surface area contributed by atoms with E-state index in [0.717, 1.165) is 24.0 Å². The van der Waals surface area contributed by atoms with Crippen LogP contribution in [-0.2, 0) is 10.8 Å². The summed E-state index contributed by atoms with van der Waals surface area (Å²) in [5.74, 6) is 0.455. The van der Waals surface area contributed by atoms with Crippen LogP contribution in [0.15, 0.2) is 24.3 Å². The van der Waals surface area contributed by atoms with Crippen molar-refractivity contribution in [2.24, 2.45) is 11.8 Å². The van der Waals surface area contributed by atoms with Gasteiger partial charge in [-0.1, -0.05) is 24.3 Å². The number of nitriles is 2. The zero-order valence-electron chi connectivity index (χ0n) is 10.4. The second-order valence-electron chi connectivity index (χ2n) is 5.57. The number of benzene rings is 1. The molecule has 2 bridgehead atoms. The van der Waals surface area contributed by atoms with E-state index in [4.69, 9.17) is 1.37 Å². The smallest absolute Gasteiger partial charge is 0.0859 e. The van der Waals surface area contributed by atoms with E-state index in [-0.39, 0.29) is 5.92 Å². The van der Waals surface area contributed by atoms with Gasteiger partial charge in [0, 0.05) is 1.37 Å². The highest BCUT2D eigenvalue weighted by Crippen LogP contribution is 2.69. The van der Waals surface area contributed by atoms with Gasteiger partial charge in [0.25, 0.3) is 0 Å². The van der Waals surface area contributed by atoms with Crippen molar-refractivity contribution in [3.8, 4) is 12.1 Å². The normalized spacial score (nSPS) is 49.3. The molecule has 0 aromatic heterocycles. The summed E-state index contributed by atoms with van der Waals surface area (Å²) in [4.78, 5) is 0. The highest BCUT2D eigenvalue weighted by molar-refractivity contribution is 5.55. The van der Waals surface area contributed by atoms with Crippen molar-refractivity contribution in [2.75, 3.05) is 0 Å². The fourth-order valence-electron chi connectivity index (χ4n) is 4.26. The Morgan fingerprint density at radius 1 is 1.18 bits per heavy atom. The molecule has 1 aromatic rings. The van der Waals surface area contributed by atoms with Gasteiger partial charge < -0.3 is 0 Å². The van der Waals surface area contributed by atoms with Crippen molar-refractivity contribution in [3.05, 3.63) is 35.4 Å². The summed E-state index contributed by atoms with van der Waals surface area (Å²) in [5.41, 5.74) is 0.828. The van der Waals surface area contributed by atoms with Crippen molar-refractivity contribution in [1.82, 2.24) is 0 Å². The molecule has 17 heavy (non-hydrogen) atoms. The maximum atomic E-state index is 9.63. The third-order valence-corrected chi connectivity index (χ3v) is 5.00. The Bertz CT molecular complexity index is 641. The van der Waals surface area contributed by atoms with Crippen LogP contribution < -0.4 is 0 Å². The molecule has 0 heterocycles. The van der Waals surface area contributed by atoms with Crippen LogP contribution in [0.5, 0.6) is 0 Å². The van der Waals surface area contributed by atoms with Crippen molar-refractivity contribution >= 4 is 0 Å². The Kier molecular flexibility index (Phi) is 1.24. The molecule has 1 aromatic carbocycles. The van der Waals surface area contributed by atoms with Crippen LogP contribution in [-0.4, -0.2) is 0 Å². The van der Waals surface area contributed by atoms with Crippen molar-refractivity contribution < 1.29 is 1.37 Å². The van der Waals surface area contributed by atoms with Gasteiger partial charge in [0.1, 0.15) is 0 Å². The maximum absolute atomic E-state index is 9.63. The molecule has 0 N–H and O–H groups in total. The first-order chi connectivity index (χ1) is 8.69. The van der Waals surface area contributed by atoms with E-state index < -0.39 is 17.2 Å². The molecule has 0 aliphatic heterocycles. The number of hydrogen-bond donors (Lipinski definition) is 0. The van der Waals surface area contributed by atoms with E-state index in [1.807, 2.05) is 24.3 Å². The van der Waals surface area contributed by atoms with E-state index in [9.17, 15) is 10.5 Å². The Morgan fingerprint density at radius 2 is 1.94 bits per heavy atom. The van der Waals surface area contributed by atoms with Gasteiger partial charge in [-0.3, -0.25) is 0 Å². The van der Waals surface area contributed by atoms with Crippen molar-refractivity contribution in [2.45, 2.75) is 30.1 Å². The molecule has 0 amide bonds. The topological polar surface area (TPSA) is 47.6 Å². The Balaban J connectivity index is 2.10. The van der Waals surface area contributed by atoms with Crippen LogP contribution in [0.1, 0.15) is 31.7 Å². The van der Waals surface area contributed by atoms with Crippen LogP contribution in [0.3, 0.4) is 0 Å². The molecule has 1 unspecified atom stereocenters. The molecule has 0 spiro atoms. The standard InChI is InChI=1S/C15H12N2/c16-8-14-5-10-6-15(9-17,13(10)7-14)12-4-2-1-3-11(12)14/h1-4,10,13H,5-7H2/t10?,13-,14+,15+/m1/s1/i7D/t7-,10?,13-,14+,15+. The molecule has 2 heteroatoms. The summed E-state index contributed by atoms with van der Waals surface area (Å²) in [6.45, 7) is 0. The first-order valence-electron chi connectivity index (χ1n) is 6.62. The molecule has 4 rings (SSSR count). The van der Waals surface area contributed by atoms with Gasteiger partial charge in [-0.15, -0.1) is 0 Å². The van der Waals surface area contributed by atoms with Crippen molar-refractivity contribution in [3.63, 3.8) is 0 Å². The molecule has 5 atom stereocenters. The molecule has 2 fully saturated rings. The lowest BCUT2D eigenvalue weighted by atomic mass is 9.50. The fourth-order valence-corrected chi connectivity index (χ4v) is 4.26. The van der Waals surface area contributed by atoms with Gasteiger partial charge in [0.2, 0.25) is 0 Å². The summed E-state index contributed by atoms with van der Waals surface area (Å²) in [7, 11) is 0. The second-order valence-corrected chi connectivity index (χ2v) is 5.57. The Morgan fingerprint density at radius 3 is 2.65 bits per heavy atom. The van der Waals surface area contributed by atoms with Crippen LogP contribution in [0, 0.1) is 34.5 Å². The minimum atomic E-state index is -0.664. The van der Waals surface area contributed by atoms with E-state index in [2.05, 4.69) is 12.1 Å². The van der Waals surface area contributed by atoms with Gasteiger partial charge in [-0.2, -0.15) is 10.5 Å². The SMILES string of the molecule is [2H][C@@H]1[C@@H]2C3C[C@]1(C#N)c1ccccc1[C@@]2(C#N)C3. The zero-order valence-corrected chi connectivity index (χ0v) is 9.35. The lowest BCUT2D eigenvalue weighted by molar-refractivity contribution is 0.104. The average molecular weight is 221 g/mol. The third-order valence-electron chi connectivity index (χ3n) is 5.00. The number of fused-ring (bicyclic) bond motifs is 4. The molecule has 82 valence electrons. The van der Waals surface area contributed by atoms with Crippen LogP contribution in [0.2, 0.25) is 0 Å². The Labute approximate surface area is 102 Å². The predicted octanol–water partition coefficient (Wildman–Crippen LogP) is 2.65. The molecular weight excluding hydrogens is 208 g/mol. The monoisotopic (exact) mass is 221 g/mol. The largest absolute Gasteiger partial charge is 0.197 e. The van der Waals surface area contributed by atoms with Gasteiger partial charge in [0.05, 0.1) is 23.0 Å². The summed E-state index contributed by atoms with van der Waals surface area (Å²) < 4.78 is 8.44. The number of nitrogens with zero attached hydrogens (tertiary/aromatic N) is 2. The fraction of sp³-hybridized carbons (Fsp3) is 0.467. The first-order valence-corrected chi connectivity index (χ1v) is 6.04. The maximum Gasteiger partial charge on any atom is 0.0859 e. The van der Waals surface area contributed by atoms with Crippen LogP contribution >= 0.6 is 0 Å². The summed E-state index contributed by atoms with van der Waals surface area (Å²) in [6.07, 6.45) is 1.17. The van der Waals surface area contributed by atoms with Gasteiger partial charge in [0.15, 0.2) is 0 Å². The quantitative estimate of drug-likeness (QED) is 0.676. The van der Waals surface area contributed by atoms with E-state index >= 15 is 0 Å². The lowest BCUT2D eigenvalue weighted by Crippen LogP contribution is -2.50. The van der Waals surface area contributed by atoms with Gasteiger partial charge >= 0.3 is 0 Å². The molecule has 2 saturated carbocycles. The van der Waals surface area contributed by atoms with E-state index in [1.54, 1.807) is 0 Å². The number of rotatable bonds is 0. The summed E-state index contributed by atoms with van der Waals surface area (Å²) >= 11 is 0. The number of hydrogen-bond acceptors (Lipinski definition) is 2. The Hall–Kier alpha value is -1.80. The molecule has 2 nitrogen and oxygen atoms in total. The minimum absolute atomic E-state index is 0.0667. The average Bonchev–Trinajstić information content (AvgIpc) is 2.51. The molecule has 3 aliphatic rings. The third kappa shape index (κ3) is 0.776. The predicted molar refractivity (Wildman–Crippen MR) is 61.9 cm³/mol. The lowest BCUT2D eigenvalue weighted by Gasteiger charge is -2.50. The molecular formula is C15H12N2. The molecule has 0 radical (unpaired) electrons. The summed E-state index contributed by atoms with van der Waals surface area (Å²) in [6, 6.07) is 12.7. The van der Waals surface area contributed by atoms with E-state index in [0.29, 0.717) is 5.92 Å². The highest BCUT2D eigenvalue weighted by Gasteiger charge is 2.68. The van der Waals surface area contributed by atoms with Crippen molar-refractivity contribution in [1.29, 1.82) is 10.5 Å². The van der Waals surface area contributed by atoms with Crippen LogP contribution in [0.25, 0.3) is 0 Å². The van der Waals surface area contributed by atoms with Gasteiger partial charge in [-0.25, -0.2) is 0 Å². The first kappa shape index (κ1) is 8.31.